The molecule has 0 spiro atoms. The third-order valence-electron chi connectivity index (χ3n) is 2.43. The molecule has 0 heterocycles. The fourth-order valence-electron chi connectivity index (χ4n) is 0.989. The number of hydrogen-bond donors (Lipinski definition) is 1. The van der Waals surface area contributed by atoms with Crippen molar-refractivity contribution in [1.29, 1.82) is 5.26 Å². The highest BCUT2D eigenvalue weighted by Crippen LogP contribution is 2.07. The van der Waals surface area contributed by atoms with Crippen LogP contribution in [0.1, 0.15) is 40.5 Å². The van der Waals surface area contributed by atoms with Crippen LogP contribution in [0.5, 0.6) is 0 Å². The number of nitriles is 1. The fraction of sp³-hybridized carbons (Fsp3) is 0.900. The lowest BCUT2D eigenvalue weighted by Gasteiger charge is -2.21. The van der Waals surface area contributed by atoms with E-state index in [2.05, 4.69) is 39.1 Å². The van der Waals surface area contributed by atoms with Gasteiger partial charge in [-0.15, -0.1) is 0 Å². The van der Waals surface area contributed by atoms with Gasteiger partial charge in [0.15, 0.2) is 0 Å². The molecule has 0 rings (SSSR count). The van der Waals surface area contributed by atoms with E-state index in [1.807, 2.05) is 0 Å². The van der Waals surface area contributed by atoms with Gasteiger partial charge in [0, 0.05) is 6.04 Å². The summed E-state index contributed by atoms with van der Waals surface area (Å²) in [6.07, 6.45) is 2.14. The summed E-state index contributed by atoms with van der Waals surface area (Å²) < 4.78 is 0. The molecule has 0 aliphatic carbocycles. The van der Waals surface area contributed by atoms with Gasteiger partial charge in [-0.2, -0.15) is 5.26 Å². The van der Waals surface area contributed by atoms with Crippen LogP contribution in [0.25, 0.3) is 0 Å². The van der Waals surface area contributed by atoms with Gasteiger partial charge in [0.2, 0.25) is 0 Å². The second-order valence-electron chi connectivity index (χ2n) is 3.47. The van der Waals surface area contributed by atoms with Crippen molar-refractivity contribution in [2.75, 3.05) is 0 Å². The summed E-state index contributed by atoms with van der Waals surface area (Å²) in [7, 11) is 0. The van der Waals surface area contributed by atoms with Gasteiger partial charge in [-0.25, -0.2) is 0 Å². The first-order valence-electron chi connectivity index (χ1n) is 4.81. The Morgan fingerprint density at radius 1 is 1.25 bits per heavy atom. The van der Waals surface area contributed by atoms with Gasteiger partial charge in [-0.3, -0.25) is 5.32 Å². The maximum Gasteiger partial charge on any atom is 0.0980 e. The molecule has 3 unspecified atom stereocenters. The molecular formula is C10H20N2. The molecule has 2 nitrogen and oxygen atoms in total. The Labute approximate surface area is 76.0 Å². The summed E-state index contributed by atoms with van der Waals surface area (Å²) in [5.41, 5.74) is 0. The Kier molecular flexibility index (Phi) is 5.74. The minimum Gasteiger partial charge on any atom is -0.299 e. The summed E-state index contributed by atoms with van der Waals surface area (Å²) in [6, 6.07) is 2.77. The molecular weight excluding hydrogens is 148 g/mol. The Morgan fingerprint density at radius 3 is 2.17 bits per heavy atom. The Bertz CT molecular complexity index is 148. The smallest absolute Gasteiger partial charge is 0.0980 e. The van der Waals surface area contributed by atoms with E-state index in [9.17, 15) is 0 Å². The summed E-state index contributed by atoms with van der Waals surface area (Å²) in [4.78, 5) is 0. The van der Waals surface area contributed by atoms with Crippen LogP contribution in [0, 0.1) is 17.2 Å². The van der Waals surface area contributed by atoms with Crippen LogP contribution >= 0.6 is 0 Å². The predicted octanol–water partition coefficient (Wildman–Crippen LogP) is 2.31. The first kappa shape index (κ1) is 11.4. The third kappa shape index (κ3) is 3.73. The summed E-state index contributed by atoms with van der Waals surface area (Å²) in [5, 5.41) is 12.2. The third-order valence-corrected chi connectivity index (χ3v) is 2.43. The lowest BCUT2D eigenvalue weighted by Crippen LogP contribution is -2.39. The second-order valence-corrected chi connectivity index (χ2v) is 3.47. The highest BCUT2D eigenvalue weighted by atomic mass is 14.9. The minimum atomic E-state index is 0.0185. The molecule has 1 N–H and O–H groups in total. The first-order valence-corrected chi connectivity index (χ1v) is 4.81. The van der Waals surface area contributed by atoms with Crippen molar-refractivity contribution in [3.05, 3.63) is 0 Å². The minimum absolute atomic E-state index is 0.0185. The molecule has 0 saturated carbocycles. The van der Waals surface area contributed by atoms with Crippen molar-refractivity contribution in [3.8, 4) is 6.07 Å². The molecule has 0 aromatic rings. The van der Waals surface area contributed by atoms with E-state index in [0.717, 1.165) is 12.8 Å². The second kappa shape index (κ2) is 6.02. The molecule has 0 aromatic carbocycles. The van der Waals surface area contributed by atoms with E-state index < -0.39 is 0 Å². The van der Waals surface area contributed by atoms with Crippen molar-refractivity contribution in [1.82, 2.24) is 5.32 Å². The monoisotopic (exact) mass is 168 g/mol. The van der Waals surface area contributed by atoms with Crippen LogP contribution in [-0.4, -0.2) is 12.1 Å². The summed E-state index contributed by atoms with van der Waals surface area (Å²) >= 11 is 0. The molecule has 2 heteroatoms. The normalized spacial score (nSPS) is 17.9. The molecule has 12 heavy (non-hydrogen) atoms. The van der Waals surface area contributed by atoms with Gasteiger partial charge in [-0.05, 0) is 19.3 Å². The van der Waals surface area contributed by atoms with Crippen LogP contribution in [0.15, 0.2) is 0 Å². The van der Waals surface area contributed by atoms with Gasteiger partial charge >= 0.3 is 0 Å². The maximum absolute atomic E-state index is 8.86. The average molecular weight is 168 g/mol. The van der Waals surface area contributed by atoms with E-state index in [0.29, 0.717) is 12.0 Å². The average Bonchev–Trinajstić information content (AvgIpc) is 2.12. The van der Waals surface area contributed by atoms with Crippen molar-refractivity contribution in [2.24, 2.45) is 5.92 Å². The first-order chi connectivity index (χ1) is 5.65. The van der Waals surface area contributed by atoms with Crippen LogP contribution in [0.4, 0.5) is 0 Å². The van der Waals surface area contributed by atoms with Crippen molar-refractivity contribution in [2.45, 2.75) is 52.6 Å². The lowest BCUT2D eigenvalue weighted by atomic mass is 9.99. The molecule has 0 amide bonds. The SMILES string of the molecule is CCC(C)NC(C#N)C(C)CC. The molecule has 0 radical (unpaired) electrons. The molecule has 0 fully saturated rings. The molecule has 0 bridgehead atoms. The Morgan fingerprint density at radius 2 is 1.83 bits per heavy atom. The van der Waals surface area contributed by atoms with Gasteiger partial charge in [0.1, 0.15) is 0 Å². The molecule has 0 aliphatic rings. The van der Waals surface area contributed by atoms with Crippen LogP contribution in [0.3, 0.4) is 0 Å². The number of rotatable bonds is 5. The Hall–Kier alpha value is -0.550. The predicted molar refractivity (Wildman–Crippen MR) is 51.7 cm³/mol. The zero-order valence-corrected chi connectivity index (χ0v) is 8.59. The van der Waals surface area contributed by atoms with E-state index in [1.165, 1.54) is 0 Å². The van der Waals surface area contributed by atoms with Gasteiger partial charge in [0.25, 0.3) is 0 Å². The highest BCUT2D eigenvalue weighted by molar-refractivity contribution is 4.93. The van der Waals surface area contributed by atoms with E-state index in [-0.39, 0.29) is 6.04 Å². The summed E-state index contributed by atoms with van der Waals surface area (Å²) in [5.74, 6) is 0.448. The van der Waals surface area contributed by atoms with Crippen molar-refractivity contribution >= 4 is 0 Å². The van der Waals surface area contributed by atoms with Gasteiger partial charge in [0.05, 0.1) is 12.1 Å². The van der Waals surface area contributed by atoms with Gasteiger partial charge in [-0.1, -0.05) is 27.2 Å². The molecule has 3 atom stereocenters. The highest BCUT2D eigenvalue weighted by Gasteiger charge is 2.15. The largest absolute Gasteiger partial charge is 0.299 e. The molecule has 0 aliphatic heterocycles. The standard InChI is InChI=1S/C10H20N2/c1-5-8(3)10(7-11)12-9(4)6-2/h8-10,12H,5-6H2,1-4H3. The topological polar surface area (TPSA) is 35.8 Å². The quantitative estimate of drug-likeness (QED) is 0.683. The molecule has 0 aromatic heterocycles. The van der Waals surface area contributed by atoms with Crippen LogP contribution in [-0.2, 0) is 0 Å². The van der Waals surface area contributed by atoms with Gasteiger partial charge < -0.3 is 0 Å². The van der Waals surface area contributed by atoms with Crippen LogP contribution < -0.4 is 5.32 Å². The van der Waals surface area contributed by atoms with E-state index in [1.54, 1.807) is 0 Å². The molecule has 70 valence electrons. The zero-order chi connectivity index (χ0) is 9.56. The van der Waals surface area contributed by atoms with Crippen molar-refractivity contribution in [3.63, 3.8) is 0 Å². The number of nitrogens with one attached hydrogen (secondary N) is 1. The van der Waals surface area contributed by atoms with Crippen molar-refractivity contribution < 1.29 is 0 Å². The van der Waals surface area contributed by atoms with Crippen LogP contribution in [0.2, 0.25) is 0 Å². The summed E-state index contributed by atoms with van der Waals surface area (Å²) in [6.45, 7) is 8.48. The van der Waals surface area contributed by atoms with E-state index in [4.69, 9.17) is 5.26 Å². The Balaban J connectivity index is 3.92. The molecule has 0 saturated heterocycles. The van der Waals surface area contributed by atoms with E-state index >= 15 is 0 Å². The number of nitrogens with zero attached hydrogens (tertiary/aromatic N) is 1. The zero-order valence-electron chi connectivity index (χ0n) is 8.59. The lowest BCUT2D eigenvalue weighted by molar-refractivity contribution is 0.387. The maximum atomic E-state index is 8.86. The number of hydrogen-bond acceptors (Lipinski definition) is 2. The fourth-order valence-corrected chi connectivity index (χ4v) is 0.989.